The predicted molar refractivity (Wildman–Crippen MR) is 69.7 cm³/mol. The summed E-state index contributed by atoms with van der Waals surface area (Å²) in [6.07, 6.45) is 3.43. The molecule has 0 bridgehead atoms. The Kier molecular flexibility index (Phi) is 3.41. The van der Waals surface area contributed by atoms with Gasteiger partial charge in [0.2, 0.25) is 0 Å². The van der Waals surface area contributed by atoms with E-state index in [4.69, 9.17) is 5.73 Å². The summed E-state index contributed by atoms with van der Waals surface area (Å²) in [6.45, 7) is 2.40. The van der Waals surface area contributed by atoms with Crippen LogP contribution < -0.4 is 5.73 Å². The average molecular weight is 300 g/mol. The van der Waals surface area contributed by atoms with Gasteiger partial charge in [-0.2, -0.15) is 5.10 Å². The summed E-state index contributed by atoms with van der Waals surface area (Å²) in [7, 11) is 1.87. The van der Waals surface area contributed by atoms with Crippen molar-refractivity contribution in [2.24, 2.45) is 18.2 Å². The molecule has 1 fully saturated rings. The van der Waals surface area contributed by atoms with E-state index >= 15 is 0 Å². The van der Waals surface area contributed by atoms with Crippen LogP contribution in [-0.4, -0.2) is 22.1 Å². The minimum absolute atomic E-state index is 0.252. The predicted octanol–water partition coefficient (Wildman–Crippen LogP) is 1.73. The van der Waals surface area contributed by atoms with Gasteiger partial charge in [0, 0.05) is 19.0 Å². The summed E-state index contributed by atoms with van der Waals surface area (Å²) in [5.41, 5.74) is 7.37. The van der Waals surface area contributed by atoms with E-state index in [0.717, 1.165) is 35.1 Å². The highest BCUT2D eigenvalue weighted by Gasteiger charge is 2.42. The van der Waals surface area contributed by atoms with Gasteiger partial charge in [0.15, 0.2) is 0 Å². The topological polar surface area (TPSA) is 60.9 Å². The fraction of sp³-hybridized carbons (Fsp3) is 0.667. The highest BCUT2D eigenvalue weighted by atomic mass is 79.9. The van der Waals surface area contributed by atoms with Gasteiger partial charge in [0.25, 0.3) is 0 Å². The number of nitrogens with zero attached hydrogens (tertiary/aromatic N) is 2. The summed E-state index contributed by atoms with van der Waals surface area (Å²) in [5, 5.41) is 4.30. The molecular formula is C12H18BrN3O. The second kappa shape index (κ2) is 4.53. The van der Waals surface area contributed by atoms with E-state index in [2.05, 4.69) is 21.0 Å². The Hall–Kier alpha value is -0.680. The van der Waals surface area contributed by atoms with Crippen LogP contribution in [0.4, 0.5) is 0 Å². The lowest BCUT2D eigenvalue weighted by Crippen LogP contribution is -2.45. The molecule has 1 aromatic heterocycles. The van der Waals surface area contributed by atoms with Crippen molar-refractivity contribution in [2.75, 3.05) is 6.54 Å². The Labute approximate surface area is 110 Å². The largest absolute Gasteiger partial charge is 0.329 e. The Morgan fingerprint density at radius 3 is 2.59 bits per heavy atom. The number of ketones is 1. The summed E-state index contributed by atoms with van der Waals surface area (Å²) in [4.78, 5) is 12.3. The second-order valence-corrected chi connectivity index (χ2v) is 5.70. The first-order chi connectivity index (χ1) is 8.00. The maximum atomic E-state index is 12.3. The third kappa shape index (κ3) is 2.06. The molecule has 0 saturated heterocycles. The van der Waals surface area contributed by atoms with Gasteiger partial charge in [-0.15, -0.1) is 0 Å². The average Bonchev–Trinajstić information content (AvgIpc) is 2.44. The highest BCUT2D eigenvalue weighted by Crippen LogP contribution is 2.41. The second-order valence-electron chi connectivity index (χ2n) is 4.91. The van der Waals surface area contributed by atoms with E-state index in [0.29, 0.717) is 13.0 Å². The van der Waals surface area contributed by atoms with Crippen LogP contribution >= 0.6 is 15.9 Å². The molecule has 1 aliphatic rings. The molecule has 0 spiro atoms. The van der Waals surface area contributed by atoms with Crippen molar-refractivity contribution >= 4 is 21.7 Å². The number of hydrogen-bond acceptors (Lipinski definition) is 3. The van der Waals surface area contributed by atoms with Gasteiger partial charge in [0.05, 0.1) is 22.3 Å². The van der Waals surface area contributed by atoms with E-state index in [1.54, 1.807) is 4.68 Å². The molecule has 4 nitrogen and oxygen atoms in total. The number of Topliss-reactive ketones (excluding diaryl/α,β-unsaturated/α-hetero) is 1. The van der Waals surface area contributed by atoms with Gasteiger partial charge in [-0.25, -0.2) is 0 Å². The molecule has 0 radical (unpaired) electrons. The van der Waals surface area contributed by atoms with E-state index in [9.17, 15) is 4.79 Å². The number of aromatic nitrogens is 2. The van der Waals surface area contributed by atoms with Gasteiger partial charge in [-0.3, -0.25) is 9.48 Å². The van der Waals surface area contributed by atoms with Crippen molar-refractivity contribution in [3.8, 4) is 0 Å². The molecule has 1 aromatic rings. The van der Waals surface area contributed by atoms with E-state index in [-0.39, 0.29) is 11.2 Å². The van der Waals surface area contributed by atoms with Crippen molar-refractivity contribution in [3.05, 3.63) is 15.9 Å². The first-order valence-corrected chi connectivity index (χ1v) is 6.71. The zero-order valence-electron chi connectivity index (χ0n) is 10.3. The molecule has 5 heteroatoms. The van der Waals surface area contributed by atoms with Crippen LogP contribution in [-0.2, 0) is 18.3 Å². The normalized spacial score (nSPS) is 17.9. The van der Waals surface area contributed by atoms with E-state index < -0.39 is 0 Å². The highest BCUT2D eigenvalue weighted by molar-refractivity contribution is 9.10. The van der Waals surface area contributed by atoms with Crippen LogP contribution in [0.15, 0.2) is 4.47 Å². The number of halogens is 1. The zero-order chi connectivity index (χ0) is 12.6. The van der Waals surface area contributed by atoms with E-state index in [1.165, 1.54) is 0 Å². The first kappa shape index (κ1) is 12.8. The Balaban J connectivity index is 2.18. The number of carbonyl (C=O) groups excluding carboxylic acids is 1. The minimum atomic E-state index is -0.252. The van der Waals surface area contributed by atoms with Crippen molar-refractivity contribution in [2.45, 2.75) is 32.6 Å². The summed E-state index contributed by atoms with van der Waals surface area (Å²) in [5.74, 6) is 0.259. The standard InChI is InChI=1S/C12H18BrN3O/c1-8-11(13)9(16(2)15-8)6-10(17)12(7-14)4-3-5-12/h3-7,14H2,1-2H3. The zero-order valence-corrected chi connectivity index (χ0v) is 11.9. The molecule has 0 unspecified atom stereocenters. The van der Waals surface area contributed by atoms with Gasteiger partial charge >= 0.3 is 0 Å². The molecule has 1 aliphatic carbocycles. The molecule has 2 rings (SSSR count). The van der Waals surface area contributed by atoms with Crippen LogP contribution in [0.3, 0.4) is 0 Å². The first-order valence-electron chi connectivity index (χ1n) is 5.91. The molecule has 1 heterocycles. The molecular weight excluding hydrogens is 282 g/mol. The molecule has 17 heavy (non-hydrogen) atoms. The van der Waals surface area contributed by atoms with Gasteiger partial charge in [-0.05, 0) is 35.7 Å². The van der Waals surface area contributed by atoms with Crippen LogP contribution in [0.2, 0.25) is 0 Å². The van der Waals surface area contributed by atoms with E-state index in [1.807, 2.05) is 14.0 Å². The number of nitrogens with two attached hydrogens (primary N) is 1. The van der Waals surface area contributed by atoms with Gasteiger partial charge in [-0.1, -0.05) is 6.42 Å². The van der Waals surface area contributed by atoms with Crippen LogP contribution in [0.5, 0.6) is 0 Å². The smallest absolute Gasteiger partial charge is 0.146 e. The molecule has 0 aliphatic heterocycles. The maximum absolute atomic E-state index is 12.3. The summed E-state index contributed by atoms with van der Waals surface area (Å²) < 4.78 is 2.72. The van der Waals surface area contributed by atoms with Crippen molar-refractivity contribution in [1.29, 1.82) is 0 Å². The molecule has 94 valence electrons. The van der Waals surface area contributed by atoms with Crippen LogP contribution in [0.25, 0.3) is 0 Å². The fourth-order valence-electron chi connectivity index (χ4n) is 2.41. The number of hydrogen-bond donors (Lipinski definition) is 1. The van der Waals surface area contributed by atoms with Gasteiger partial charge < -0.3 is 5.73 Å². The minimum Gasteiger partial charge on any atom is -0.329 e. The SMILES string of the molecule is Cc1nn(C)c(CC(=O)C2(CN)CCC2)c1Br. The van der Waals surface area contributed by atoms with Crippen molar-refractivity contribution in [3.63, 3.8) is 0 Å². The van der Waals surface area contributed by atoms with Crippen molar-refractivity contribution < 1.29 is 4.79 Å². The van der Waals surface area contributed by atoms with Gasteiger partial charge in [0.1, 0.15) is 5.78 Å². The maximum Gasteiger partial charge on any atom is 0.146 e. The molecule has 0 amide bonds. The third-order valence-electron chi connectivity index (χ3n) is 3.88. The Bertz CT molecular complexity index is 443. The van der Waals surface area contributed by atoms with Crippen LogP contribution in [0, 0.1) is 12.3 Å². The molecule has 1 saturated carbocycles. The number of rotatable bonds is 4. The Morgan fingerprint density at radius 2 is 2.24 bits per heavy atom. The summed E-state index contributed by atoms with van der Waals surface area (Å²) >= 11 is 3.49. The molecule has 2 N–H and O–H groups in total. The monoisotopic (exact) mass is 299 g/mol. The lowest BCUT2D eigenvalue weighted by molar-refractivity contribution is -0.132. The molecule has 0 atom stereocenters. The molecule has 0 aromatic carbocycles. The van der Waals surface area contributed by atoms with Crippen LogP contribution in [0.1, 0.15) is 30.7 Å². The van der Waals surface area contributed by atoms with Crippen molar-refractivity contribution in [1.82, 2.24) is 9.78 Å². The third-order valence-corrected chi connectivity index (χ3v) is 4.91. The number of carbonyl (C=O) groups is 1. The quantitative estimate of drug-likeness (QED) is 0.921. The number of aryl methyl sites for hydroxylation is 2. The fourth-order valence-corrected chi connectivity index (χ4v) is 2.89. The Morgan fingerprint density at radius 1 is 1.59 bits per heavy atom. The summed E-state index contributed by atoms with van der Waals surface area (Å²) in [6, 6.07) is 0. The lowest BCUT2D eigenvalue weighted by Gasteiger charge is -2.39. The lowest BCUT2D eigenvalue weighted by atomic mass is 9.65.